The molecule has 0 atom stereocenters. The van der Waals surface area contributed by atoms with Gasteiger partial charge in [-0.15, -0.1) is 0 Å². The third kappa shape index (κ3) is 2.48. The van der Waals surface area contributed by atoms with E-state index in [9.17, 15) is 8.42 Å². The maximum Gasteiger partial charge on any atom is 0.246 e. The van der Waals surface area contributed by atoms with E-state index in [1.54, 1.807) is 18.2 Å². The molecule has 0 amide bonds. The van der Waals surface area contributed by atoms with Crippen molar-refractivity contribution in [2.24, 2.45) is 5.92 Å². The van der Waals surface area contributed by atoms with Crippen molar-refractivity contribution in [3.8, 4) is 0 Å². The first-order chi connectivity index (χ1) is 8.43. The minimum absolute atomic E-state index is 0.0428. The molecule has 0 spiro atoms. The van der Waals surface area contributed by atoms with Crippen LogP contribution in [0.2, 0.25) is 5.02 Å². The average Bonchev–Trinajstić information content (AvgIpc) is 2.29. The molecule has 1 saturated heterocycles. The maximum atomic E-state index is 12.5. The van der Waals surface area contributed by atoms with Crippen LogP contribution in [0, 0.1) is 5.92 Å². The van der Waals surface area contributed by atoms with Crippen molar-refractivity contribution in [3.05, 3.63) is 23.2 Å². The van der Waals surface area contributed by atoms with Gasteiger partial charge in [-0.2, -0.15) is 4.31 Å². The van der Waals surface area contributed by atoms with E-state index in [2.05, 4.69) is 6.92 Å². The van der Waals surface area contributed by atoms with Crippen LogP contribution in [0.3, 0.4) is 0 Å². The molecule has 2 N–H and O–H groups in total. The highest BCUT2D eigenvalue weighted by Gasteiger charge is 2.31. The lowest BCUT2D eigenvalue weighted by Gasteiger charge is -2.30. The molecule has 6 heteroatoms. The molecular weight excluding hydrogens is 272 g/mol. The minimum Gasteiger partial charge on any atom is -0.398 e. The second kappa shape index (κ2) is 5.07. The molecule has 4 nitrogen and oxygen atoms in total. The van der Waals surface area contributed by atoms with Crippen LogP contribution in [0.15, 0.2) is 23.1 Å². The molecule has 18 heavy (non-hydrogen) atoms. The summed E-state index contributed by atoms with van der Waals surface area (Å²) in [5, 5.41) is 0.189. The molecule has 0 radical (unpaired) electrons. The number of nitrogens with two attached hydrogens (primary N) is 1. The monoisotopic (exact) mass is 288 g/mol. The van der Waals surface area contributed by atoms with Gasteiger partial charge in [-0.1, -0.05) is 24.6 Å². The molecule has 1 aromatic rings. The largest absolute Gasteiger partial charge is 0.398 e. The number of halogens is 1. The van der Waals surface area contributed by atoms with Gasteiger partial charge in [-0.25, -0.2) is 8.42 Å². The lowest BCUT2D eigenvalue weighted by atomic mass is 10.0. The fourth-order valence-corrected chi connectivity index (χ4v) is 4.26. The minimum atomic E-state index is -3.57. The molecule has 1 aromatic carbocycles. The number of rotatable bonds is 2. The summed E-state index contributed by atoms with van der Waals surface area (Å²) in [5.74, 6) is 0.569. The number of piperidine rings is 1. The zero-order valence-electron chi connectivity index (χ0n) is 10.3. The molecule has 1 heterocycles. The van der Waals surface area contributed by atoms with Crippen LogP contribution in [0.1, 0.15) is 19.8 Å². The Morgan fingerprint density at radius 1 is 1.33 bits per heavy atom. The van der Waals surface area contributed by atoms with Crippen molar-refractivity contribution >= 4 is 27.3 Å². The molecule has 0 aromatic heterocycles. The van der Waals surface area contributed by atoms with E-state index in [-0.39, 0.29) is 15.6 Å². The van der Waals surface area contributed by atoms with Crippen molar-refractivity contribution in [2.75, 3.05) is 18.8 Å². The predicted molar refractivity (Wildman–Crippen MR) is 73.0 cm³/mol. The van der Waals surface area contributed by atoms with Gasteiger partial charge < -0.3 is 5.73 Å². The van der Waals surface area contributed by atoms with Gasteiger partial charge in [0.15, 0.2) is 0 Å². The maximum absolute atomic E-state index is 12.5. The summed E-state index contributed by atoms with van der Waals surface area (Å²) in [6.07, 6.45) is 1.76. The Morgan fingerprint density at radius 3 is 2.50 bits per heavy atom. The van der Waals surface area contributed by atoms with E-state index in [4.69, 9.17) is 17.3 Å². The fourth-order valence-electron chi connectivity index (χ4n) is 2.15. The number of sulfonamides is 1. The van der Waals surface area contributed by atoms with Gasteiger partial charge >= 0.3 is 0 Å². The highest BCUT2D eigenvalue weighted by Crippen LogP contribution is 2.31. The van der Waals surface area contributed by atoms with Crippen molar-refractivity contribution in [3.63, 3.8) is 0 Å². The summed E-state index contributed by atoms with van der Waals surface area (Å²) in [6, 6.07) is 4.76. The Labute approximate surface area is 113 Å². The lowest BCUT2D eigenvalue weighted by molar-refractivity contribution is 0.288. The molecule has 1 aliphatic heterocycles. The van der Waals surface area contributed by atoms with E-state index < -0.39 is 10.0 Å². The van der Waals surface area contributed by atoms with Gasteiger partial charge in [0, 0.05) is 13.1 Å². The highest BCUT2D eigenvalue weighted by molar-refractivity contribution is 7.89. The van der Waals surface area contributed by atoms with Gasteiger partial charge in [-0.3, -0.25) is 0 Å². The summed E-state index contributed by atoms with van der Waals surface area (Å²) in [5.41, 5.74) is 5.96. The van der Waals surface area contributed by atoms with Crippen LogP contribution in [0.4, 0.5) is 5.69 Å². The smallest absolute Gasteiger partial charge is 0.246 e. The molecule has 2 rings (SSSR count). The Bertz CT molecular complexity index is 517. The number of nitrogen functional groups attached to an aromatic ring is 1. The zero-order chi connectivity index (χ0) is 13.3. The molecule has 0 unspecified atom stereocenters. The topological polar surface area (TPSA) is 63.4 Å². The number of nitrogens with zero attached hydrogens (tertiary/aromatic N) is 1. The summed E-state index contributed by atoms with van der Waals surface area (Å²) in [6.45, 7) is 3.20. The standard InChI is InChI=1S/C12H17ClN2O2S/c1-9-5-7-15(8-6-9)18(16,17)12-10(13)3-2-4-11(12)14/h2-4,9H,5-8,14H2,1H3. The SMILES string of the molecule is CC1CCN(S(=O)(=O)c2c(N)cccc2Cl)CC1. The van der Waals surface area contributed by atoms with Gasteiger partial charge in [0.2, 0.25) is 10.0 Å². The Morgan fingerprint density at radius 2 is 1.94 bits per heavy atom. The first-order valence-electron chi connectivity index (χ1n) is 5.97. The third-order valence-electron chi connectivity index (χ3n) is 3.34. The molecule has 100 valence electrons. The summed E-state index contributed by atoms with van der Waals surface area (Å²) < 4.78 is 26.5. The normalized spacial score (nSPS) is 19.0. The Hall–Kier alpha value is -0.780. The first-order valence-corrected chi connectivity index (χ1v) is 7.79. The molecule has 0 saturated carbocycles. The van der Waals surface area contributed by atoms with Crippen molar-refractivity contribution in [1.82, 2.24) is 4.31 Å². The van der Waals surface area contributed by atoms with Gasteiger partial charge in [0.25, 0.3) is 0 Å². The summed E-state index contributed by atoms with van der Waals surface area (Å²) in [7, 11) is -3.57. The number of hydrogen-bond acceptors (Lipinski definition) is 3. The van der Waals surface area contributed by atoms with Gasteiger partial charge in [0.1, 0.15) is 4.90 Å². The molecule has 0 aliphatic carbocycles. The number of benzene rings is 1. The van der Waals surface area contributed by atoms with E-state index >= 15 is 0 Å². The number of anilines is 1. The van der Waals surface area contributed by atoms with Crippen LogP contribution >= 0.6 is 11.6 Å². The van der Waals surface area contributed by atoms with Crippen molar-refractivity contribution in [2.45, 2.75) is 24.7 Å². The van der Waals surface area contributed by atoms with E-state index in [1.807, 2.05) is 0 Å². The predicted octanol–water partition coefficient (Wildman–Crippen LogP) is 2.34. The third-order valence-corrected chi connectivity index (χ3v) is 5.78. The lowest BCUT2D eigenvalue weighted by Crippen LogP contribution is -2.38. The quantitative estimate of drug-likeness (QED) is 0.850. The second-order valence-corrected chi connectivity index (χ2v) is 7.03. The van der Waals surface area contributed by atoms with E-state index in [0.29, 0.717) is 19.0 Å². The van der Waals surface area contributed by atoms with Crippen molar-refractivity contribution in [1.29, 1.82) is 0 Å². The molecule has 1 aliphatic rings. The van der Waals surface area contributed by atoms with Crippen LogP contribution in [-0.4, -0.2) is 25.8 Å². The van der Waals surface area contributed by atoms with Crippen LogP contribution < -0.4 is 5.73 Å². The van der Waals surface area contributed by atoms with Crippen molar-refractivity contribution < 1.29 is 8.42 Å². The number of hydrogen-bond donors (Lipinski definition) is 1. The Kier molecular flexibility index (Phi) is 3.84. The van der Waals surface area contributed by atoms with Gasteiger partial charge in [0.05, 0.1) is 10.7 Å². The molecule has 0 bridgehead atoms. The first kappa shape index (κ1) is 13.6. The summed E-state index contributed by atoms with van der Waals surface area (Å²) in [4.78, 5) is 0.0428. The second-order valence-electron chi connectivity index (χ2n) is 4.74. The Balaban J connectivity index is 2.37. The van der Waals surface area contributed by atoms with Crippen LogP contribution in [0.5, 0.6) is 0 Å². The van der Waals surface area contributed by atoms with Gasteiger partial charge in [-0.05, 0) is 30.9 Å². The van der Waals surface area contributed by atoms with Crippen LogP contribution in [-0.2, 0) is 10.0 Å². The molecular formula is C12H17ClN2O2S. The zero-order valence-corrected chi connectivity index (χ0v) is 11.8. The molecule has 1 fully saturated rings. The van der Waals surface area contributed by atoms with E-state index in [0.717, 1.165) is 12.8 Å². The summed E-state index contributed by atoms with van der Waals surface area (Å²) >= 11 is 5.98. The average molecular weight is 289 g/mol. The highest BCUT2D eigenvalue weighted by atomic mass is 35.5. The van der Waals surface area contributed by atoms with E-state index in [1.165, 1.54) is 4.31 Å². The van der Waals surface area contributed by atoms with Crippen LogP contribution in [0.25, 0.3) is 0 Å². The fraction of sp³-hybridized carbons (Fsp3) is 0.500.